The summed E-state index contributed by atoms with van der Waals surface area (Å²) in [6.45, 7) is 4.88. The van der Waals surface area contributed by atoms with E-state index in [2.05, 4.69) is 13.8 Å². The molecule has 0 unspecified atom stereocenters. The minimum atomic E-state index is 0.121. The maximum absolute atomic E-state index is 9.05. The molecule has 2 N–H and O–H groups in total. The Morgan fingerprint density at radius 2 is 1.62 bits per heavy atom. The van der Waals surface area contributed by atoms with Gasteiger partial charge in [-0.25, -0.2) is 0 Å². The van der Waals surface area contributed by atoms with Gasteiger partial charge in [0.25, 0.3) is 0 Å². The van der Waals surface area contributed by atoms with Gasteiger partial charge in [0.05, 0.1) is 0 Å². The molecule has 0 heterocycles. The topological polar surface area (TPSA) is 40.5 Å². The fraction of sp³-hybridized carbons (Fsp3) is 1.00. The van der Waals surface area contributed by atoms with Crippen molar-refractivity contribution in [2.45, 2.75) is 39.5 Å². The van der Waals surface area contributed by atoms with E-state index in [0.29, 0.717) is 11.3 Å². The van der Waals surface area contributed by atoms with Gasteiger partial charge in [-0.3, -0.25) is 0 Å². The van der Waals surface area contributed by atoms with Crippen LogP contribution in [0, 0.1) is 17.3 Å². The van der Waals surface area contributed by atoms with Crippen LogP contribution in [0.5, 0.6) is 0 Å². The van der Waals surface area contributed by atoms with Crippen LogP contribution in [0.1, 0.15) is 39.5 Å². The zero-order chi connectivity index (χ0) is 9.90. The summed E-state index contributed by atoms with van der Waals surface area (Å²) in [6.07, 6.45) is 4.79. The van der Waals surface area contributed by atoms with Crippen molar-refractivity contribution in [1.82, 2.24) is 0 Å². The molecule has 0 amide bonds. The fourth-order valence-electron chi connectivity index (χ4n) is 2.25. The lowest BCUT2D eigenvalue weighted by Crippen LogP contribution is -2.29. The Bertz CT molecular complexity index is 140. The number of hydrogen-bond acceptors (Lipinski definition) is 2. The van der Waals surface area contributed by atoms with Crippen molar-refractivity contribution in [3.63, 3.8) is 0 Å². The van der Waals surface area contributed by atoms with Gasteiger partial charge in [-0.1, -0.05) is 13.8 Å². The lowest BCUT2D eigenvalue weighted by atomic mass is 9.70. The summed E-state index contributed by atoms with van der Waals surface area (Å²) in [5, 5.41) is 18.1. The zero-order valence-corrected chi connectivity index (χ0v) is 8.79. The molecule has 1 saturated carbocycles. The van der Waals surface area contributed by atoms with E-state index in [1.165, 1.54) is 25.7 Å². The number of hydrogen-bond donors (Lipinski definition) is 2. The second kappa shape index (κ2) is 4.43. The highest BCUT2D eigenvalue weighted by Crippen LogP contribution is 2.40. The highest BCUT2D eigenvalue weighted by Gasteiger charge is 2.30. The third kappa shape index (κ3) is 2.96. The molecule has 0 radical (unpaired) electrons. The van der Waals surface area contributed by atoms with Crippen molar-refractivity contribution in [3.05, 3.63) is 0 Å². The highest BCUT2D eigenvalue weighted by atomic mass is 16.3. The van der Waals surface area contributed by atoms with Gasteiger partial charge in [-0.2, -0.15) is 0 Å². The van der Waals surface area contributed by atoms with Crippen LogP contribution < -0.4 is 0 Å². The van der Waals surface area contributed by atoms with E-state index >= 15 is 0 Å². The molecule has 0 atom stereocenters. The van der Waals surface area contributed by atoms with E-state index < -0.39 is 0 Å². The molecule has 1 aliphatic rings. The summed E-state index contributed by atoms with van der Waals surface area (Å²) in [7, 11) is 0. The molecule has 0 bridgehead atoms. The standard InChI is InChI=1S/C11H22O2/c1-11(2)5-3-9(4-6-11)10(7-12)8-13/h9-10,12-13H,3-8H2,1-2H3. The van der Waals surface area contributed by atoms with Gasteiger partial charge in [0.1, 0.15) is 0 Å². The van der Waals surface area contributed by atoms with Crippen LogP contribution in [0.3, 0.4) is 0 Å². The summed E-state index contributed by atoms with van der Waals surface area (Å²) < 4.78 is 0. The molecule has 0 aliphatic heterocycles. The second-order valence-electron chi connectivity index (χ2n) is 5.13. The third-order valence-electron chi connectivity index (χ3n) is 3.52. The Morgan fingerprint density at radius 1 is 1.15 bits per heavy atom. The van der Waals surface area contributed by atoms with Crippen LogP contribution in [0.15, 0.2) is 0 Å². The SMILES string of the molecule is CC1(C)CCC(C(CO)CO)CC1. The molecule has 0 aromatic carbocycles. The number of aliphatic hydroxyl groups excluding tert-OH is 2. The Hall–Kier alpha value is -0.0800. The van der Waals surface area contributed by atoms with Gasteiger partial charge >= 0.3 is 0 Å². The second-order valence-corrected chi connectivity index (χ2v) is 5.13. The van der Waals surface area contributed by atoms with E-state index in [1.807, 2.05) is 0 Å². The minimum Gasteiger partial charge on any atom is -0.396 e. The predicted molar refractivity (Wildman–Crippen MR) is 53.4 cm³/mol. The van der Waals surface area contributed by atoms with Crippen molar-refractivity contribution >= 4 is 0 Å². The minimum absolute atomic E-state index is 0.121. The molecule has 1 fully saturated rings. The first-order chi connectivity index (χ1) is 6.09. The molecular weight excluding hydrogens is 164 g/mol. The monoisotopic (exact) mass is 186 g/mol. The molecule has 2 nitrogen and oxygen atoms in total. The van der Waals surface area contributed by atoms with Crippen LogP contribution in [-0.2, 0) is 0 Å². The lowest BCUT2D eigenvalue weighted by molar-refractivity contribution is 0.0647. The van der Waals surface area contributed by atoms with E-state index in [1.54, 1.807) is 0 Å². The van der Waals surface area contributed by atoms with Gasteiger partial charge in [0.15, 0.2) is 0 Å². The first kappa shape index (κ1) is 11.0. The summed E-state index contributed by atoms with van der Waals surface area (Å²) in [5.74, 6) is 0.666. The van der Waals surface area contributed by atoms with Gasteiger partial charge < -0.3 is 10.2 Å². The first-order valence-electron chi connectivity index (χ1n) is 5.31. The molecular formula is C11H22O2. The van der Waals surface area contributed by atoms with Crippen LogP contribution in [0.2, 0.25) is 0 Å². The average molecular weight is 186 g/mol. The van der Waals surface area contributed by atoms with E-state index in [4.69, 9.17) is 10.2 Å². The molecule has 0 aromatic rings. The van der Waals surface area contributed by atoms with Gasteiger partial charge in [0, 0.05) is 19.1 Å². The average Bonchev–Trinajstić information content (AvgIpc) is 2.09. The molecule has 1 aliphatic carbocycles. The largest absolute Gasteiger partial charge is 0.396 e. The smallest absolute Gasteiger partial charge is 0.0483 e. The molecule has 78 valence electrons. The summed E-state index contributed by atoms with van der Waals surface area (Å²) >= 11 is 0. The maximum atomic E-state index is 9.05. The third-order valence-corrected chi connectivity index (χ3v) is 3.52. The van der Waals surface area contributed by atoms with Crippen molar-refractivity contribution in [2.75, 3.05) is 13.2 Å². The van der Waals surface area contributed by atoms with E-state index in [-0.39, 0.29) is 19.1 Å². The number of aliphatic hydroxyl groups is 2. The van der Waals surface area contributed by atoms with Crippen LogP contribution in [-0.4, -0.2) is 23.4 Å². The quantitative estimate of drug-likeness (QED) is 0.705. The van der Waals surface area contributed by atoms with Crippen molar-refractivity contribution < 1.29 is 10.2 Å². The normalized spacial score (nSPS) is 23.8. The van der Waals surface area contributed by atoms with Crippen LogP contribution in [0.25, 0.3) is 0 Å². The Morgan fingerprint density at radius 3 is 2.00 bits per heavy atom. The summed E-state index contributed by atoms with van der Waals surface area (Å²) in [4.78, 5) is 0. The Balaban J connectivity index is 2.39. The van der Waals surface area contributed by atoms with Crippen molar-refractivity contribution in [2.24, 2.45) is 17.3 Å². The molecule has 0 spiro atoms. The van der Waals surface area contributed by atoms with Gasteiger partial charge in [-0.15, -0.1) is 0 Å². The lowest BCUT2D eigenvalue weighted by Gasteiger charge is -2.37. The highest BCUT2D eigenvalue weighted by molar-refractivity contribution is 4.81. The molecule has 0 saturated heterocycles. The fourth-order valence-corrected chi connectivity index (χ4v) is 2.25. The van der Waals surface area contributed by atoms with Crippen LogP contribution >= 0.6 is 0 Å². The maximum Gasteiger partial charge on any atom is 0.0483 e. The predicted octanol–water partition coefficient (Wildman–Crippen LogP) is 1.80. The van der Waals surface area contributed by atoms with Crippen molar-refractivity contribution in [3.8, 4) is 0 Å². The van der Waals surface area contributed by atoms with Crippen molar-refractivity contribution in [1.29, 1.82) is 0 Å². The Kier molecular flexibility index (Phi) is 3.74. The molecule has 2 heteroatoms. The van der Waals surface area contributed by atoms with E-state index in [0.717, 1.165) is 0 Å². The van der Waals surface area contributed by atoms with Crippen LogP contribution in [0.4, 0.5) is 0 Å². The Labute approximate surface area is 81.0 Å². The first-order valence-corrected chi connectivity index (χ1v) is 5.31. The molecule has 1 rings (SSSR count). The number of rotatable bonds is 3. The summed E-state index contributed by atoms with van der Waals surface area (Å²) in [6, 6.07) is 0. The molecule has 13 heavy (non-hydrogen) atoms. The zero-order valence-electron chi connectivity index (χ0n) is 8.79. The summed E-state index contributed by atoms with van der Waals surface area (Å²) in [5.41, 5.74) is 0.478. The van der Waals surface area contributed by atoms with E-state index in [9.17, 15) is 0 Å². The van der Waals surface area contributed by atoms with Gasteiger partial charge in [0.2, 0.25) is 0 Å². The molecule has 0 aromatic heterocycles. The van der Waals surface area contributed by atoms with Gasteiger partial charge in [-0.05, 0) is 37.0 Å².